The normalized spacial score (nSPS) is 10.8. The molecule has 0 saturated heterocycles. The summed E-state index contributed by atoms with van der Waals surface area (Å²) in [4.78, 5) is 0. The Kier molecular flexibility index (Phi) is 3.79. The van der Waals surface area contributed by atoms with Crippen molar-refractivity contribution in [2.24, 2.45) is 5.73 Å². The summed E-state index contributed by atoms with van der Waals surface area (Å²) in [5.41, 5.74) is 9.31. The molecule has 4 heteroatoms. The molecular formula is C17H18N4. The van der Waals surface area contributed by atoms with Crippen LogP contribution in [0.4, 0.5) is 0 Å². The Hall–Kier alpha value is -2.46. The van der Waals surface area contributed by atoms with Crippen molar-refractivity contribution in [3.8, 4) is 5.69 Å². The third-order valence-corrected chi connectivity index (χ3v) is 3.44. The Bertz CT molecular complexity index is 732. The number of aromatic nitrogens is 3. The highest BCUT2D eigenvalue weighted by Crippen LogP contribution is 2.16. The van der Waals surface area contributed by atoms with Gasteiger partial charge in [0.1, 0.15) is 5.82 Å². The first-order chi connectivity index (χ1) is 10.3. The fourth-order valence-corrected chi connectivity index (χ4v) is 2.48. The van der Waals surface area contributed by atoms with E-state index in [0.717, 1.165) is 23.8 Å². The van der Waals surface area contributed by atoms with Crippen LogP contribution in [0.25, 0.3) is 5.69 Å². The maximum absolute atomic E-state index is 5.80. The Balaban J connectivity index is 2.02. The second-order valence-corrected chi connectivity index (χ2v) is 5.07. The molecule has 0 atom stereocenters. The molecule has 21 heavy (non-hydrogen) atoms. The van der Waals surface area contributed by atoms with Gasteiger partial charge in [0, 0.05) is 12.1 Å². The van der Waals surface area contributed by atoms with Crippen LogP contribution in [-0.2, 0) is 13.0 Å². The smallest absolute Gasteiger partial charge is 0.151 e. The monoisotopic (exact) mass is 278 g/mol. The van der Waals surface area contributed by atoms with Gasteiger partial charge in [0.2, 0.25) is 0 Å². The lowest BCUT2D eigenvalue weighted by molar-refractivity contribution is 0.838. The van der Waals surface area contributed by atoms with Gasteiger partial charge in [-0.1, -0.05) is 48.0 Å². The number of hydrogen-bond acceptors (Lipinski definition) is 3. The molecule has 0 aliphatic rings. The van der Waals surface area contributed by atoms with Gasteiger partial charge in [-0.2, -0.15) is 0 Å². The third kappa shape index (κ3) is 2.85. The average molecular weight is 278 g/mol. The standard InChI is InChI=1S/C17H18N4/c1-13-6-5-7-14(10-13)11-16-19-20-17(12-18)21(16)15-8-3-2-4-9-15/h2-10H,11-12,18H2,1H3. The van der Waals surface area contributed by atoms with Crippen LogP contribution in [0.15, 0.2) is 54.6 Å². The highest BCUT2D eigenvalue weighted by molar-refractivity contribution is 5.35. The number of benzene rings is 2. The van der Waals surface area contributed by atoms with Crippen LogP contribution in [0.1, 0.15) is 22.8 Å². The van der Waals surface area contributed by atoms with Gasteiger partial charge >= 0.3 is 0 Å². The quantitative estimate of drug-likeness (QED) is 0.798. The van der Waals surface area contributed by atoms with Crippen LogP contribution in [0, 0.1) is 6.92 Å². The van der Waals surface area contributed by atoms with Gasteiger partial charge < -0.3 is 5.73 Å². The number of para-hydroxylation sites is 1. The Morgan fingerprint density at radius 1 is 0.952 bits per heavy atom. The minimum absolute atomic E-state index is 0.371. The maximum atomic E-state index is 5.80. The largest absolute Gasteiger partial charge is 0.324 e. The molecule has 2 aromatic carbocycles. The molecular weight excluding hydrogens is 260 g/mol. The van der Waals surface area contributed by atoms with E-state index in [-0.39, 0.29) is 0 Å². The van der Waals surface area contributed by atoms with E-state index in [9.17, 15) is 0 Å². The van der Waals surface area contributed by atoms with Gasteiger partial charge in [-0.3, -0.25) is 4.57 Å². The van der Waals surface area contributed by atoms with Crippen LogP contribution >= 0.6 is 0 Å². The van der Waals surface area contributed by atoms with Gasteiger partial charge in [-0.15, -0.1) is 10.2 Å². The molecule has 0 bridgehead atoms. The highest BCUT2D eigenvalue weighted by atomic mass is 15.3. The number of hydrogen-bond donors (Lipinski definition) is 1. The molecule has 3 aromatic rings. The van der Waals surface area contributed by atoms with E-state index in [0.29, 0.717) is 6.54 Å². The fraction of sp³-hybridized carbons (Fsp3) is 0.176. The highest BCUT2D eigenvalue weighted by Gasteiger charge is 2.13. The number of nitrogens with two attached hydrogens (primary N) is 1. The van der Waals surface area contributed by atoms with Gasteiger partial charge in [-0.25, -0.2) is 0 Å². The summed E-state index contributed by atoms with van der Waals surface area (Å²) in [5, 5.41) is 8.54. The molecule has 0 amide bonds. The van der Waals surface area contributed by atoms with Crippen LogP contribution in [0.5, 0.6) is 0 Å². The van der Waals surface area contributed by atoms with E-state index < -0.39 is 0 Å². The second-order valence-electron chi connectivity index (χ2n) is 5.07. The molecule has 3 rings (SSSR count). The van der Waals surface area contributed by atoms with Gasteiger partial charge in [0.15, 0.2) is 5.82 Å². The third-order valence-electron chi connectivity index (χ3n) is 3.44. The molecule has 0 spiro atoms. The first-order valence-electron chi connectivity index (χ1n) is 7.02. The zero-order valence-corrected chi connectivity index (χ0v) is 12.0. The SMILES string of the molecule is Cc1cccc(Cc2nnc(CN)n2-c2ccccc2)c1. The summed E-state index contributed by atoms with van der Waals surface area (Å²) in [6.45, 7) is 2.46. The number of aryl methyl sites for hydroxylation is 1. The molecule has 4 nitrogen and oxygen atoms in total. The average Bonchev–Trinajstić information content (AvgIpc) is 2.91. The number of nitrogens with zero attached hydrogens (tertiary/aromatic N) is 3. The first kappa shape index (κ1) is 13.5. The molecule has 1 aromatic heterocycles. The van der Waals surface area contributed by atoms with Crippen LogP contribution < -0.4 is 5.73 Å². The maximum Gasteiger partial charge on any atom is 0.151 e. The van der Waals surface area contributed by atoms with E-state index in [1.807, 2.05) is 34.9 Å². The van der Waals surface area contributed by atoms with Crippen molar-refractivity contribution in [1.82, 2.24) is 14.8 Å². The molecule has 0 aliphatic heterocycles. The van der Waals surface area contributed by atoms with E-state index in [2.05, 4.69) is 41.4 Å². The van der Waals surface area contributed by atoms with Crippen LogP contribution in [0.3, 0.4) is 0 Å². The summed E-state index contributed by atoms with van der Waals surface area (Å²) < 4.78 is 2.04. The molecule has 0 radical (unpaired) electrons. The molecule has 0 unspecified atom stereocenters. The topological polar surface area (TPSA) is 56.7 Å². The minimum atomic E-state index is 0.371. The molecule has 1 heterocycles. The zero-order chi connectivity index (χ0) is 14.7. The predicted octanol–water partition coefficient (Wildman–Crippen LogP) is 2.63. The number of rotatable bonds is 4. The second kappa shape index (κ2) is 5.89. The summed E-state index contributed by atoms with van der Waals surface area (Å²) in [6, 6.07) is 18.5. The predicted molar refractivity (Wildman–Crippen MR) is 83.2 cm³/mol. The van der Waals surface area contributed by atoms with Gasteiger partial charge in [0.05, 0.1) is 6.54 Å². The lowest BCUT2D eigenvalue weighted by Gasteiger charge is -2.10. The van der Waals surface area contributed by atoms with Crippen LogP contribution in [0.2, 0.25) is 0 Å². The van der Waals surface area contributed by atoms with Crippen molar-refractivity contribution >= 4 is 0 Å². The molecule has 2 N–H and O–H groups in total. The first-order valence-corrected chi connectivity index (χ1v) is 7.02. The van der Waals surface area contributed by atoms with E-state index in [1.165, 1.54) is 11.1 Å². The molecule has 0 fully saturated rings. The summed E-state index contributed by atoms with van der Waals surface area (Å²) in [7, 11) is 0. The molecule has 106 valence electrons. The summed E-state index contributed by atoms with van der Waals surface area (Å²) >= 11 is 0. The van der Waals surface area contributed by atoms with Crippen molar-refractivity contribution < 1.29 is 0 Å². The molecule has 0 aliphatic carbocycles. The Morgan fingerprint density at radius 2 is 1.71 bits per heavy atom. The van der Waals surface area contributed by atoms with Crippen molar-refractivity contribution in [2.45, 2.75) is 19.9 Å². The minimum Gasteiger partial charge on any atom is -0.324 e. The Morgan fingerprint density at radius 3 is 2.43 bits per heavy atom. The van der Waals surface area contributed by atoms with E-state index in [1.54, 1.807) is 0 Å². The van der Waals surface area contributed by atoms with E-state index >= 15 is 0 Å². The zero-order valence-electron chi connectivity index (χ0n) is 12.0. The summed E-state index contributed by atoms with van der Waals surface area (Å²) in [5.74, 6) is 1.69. The summed E-state index contributed by atoms with van der Waals surface area (Å²) in [6.07, 6.45) is 0.740. The fourth-order valence-electron chi connectivity index (χ4n) is 2.48. The molecule has 0 saturated carbocycles. The van der Waals surface area contributed by atoms with Crippen molar-refractivity contribution in [3.05, 3.63) is 77.4 Å². The Labute approximate surface area is 124 Å². The lowest BCUT2D eigenvalue weighted by atomic mass is 10.1. The lowest BCUT2D eigenvalue weighted by Crippen LogP contribution is -2.09. The van der Waals surface area contributed by atoms with Gasteiger partial charge in [0.25, 0.3) is 0 Å². The van der Waals surface area contributed by atoms with E-state index in [4.69, 9.17) is 5.73 Å². The van der Waals surface area contributed by atoms with Crippen molar-refractivity contribution in [1.29, 1.82) is 0 Å². The van der Waals surface area contributed by atoms with Crippen molar-refractivity contribution in [2.75, 3.05) is 0 Å². The van der Waals surface area contributed by atoms with Gasteiger partial charge in [-0.05, 0) is 24.6 Å². The van der Waals surface area contributed by atoms with Crippen LogP contribution in [-0.4, -0.2) is 14.8 Å². The van der Waals surface area contributed by atoms with Crippen molar-refractivity contribution in [3.63, 3.8) is 0 Å².